The molecule has 0 bridgehead atoms. The second-order valence-electron chi connectivity index (χ2n) is 4.61. The molecule has 3 nitrogen and oxygen atoms in total. The molecule has 0 amide bonds. The standard InChI is InChI=1S/C13H25N3S/c1-5-12(3)16-8-6-13(15-16)10-14-11(2)7-9-17-4/h6,8,11-12,14H,5,7,9-10H2,1-4H3. The maximum Gasteiger partial charge on any atom is 0.0762 e. The summed E-state index contributed by atoms with van der Waals surface area (Å²) in [7, 11) is 0. The van der Waals surface area contributed by atoms with Crippen molar-refractivity contribution in [3.8, 4) is 0 Å². The van der Waals surface area contributed by atoms with Gasteiger partial charge in [0.25, 0.3) is 0 Å². The Kier molecular flexibility index (Phi) is 6.66. The van der Waals surface area contributed by atoms with Crippen LogP contribution in [-0.4, -0.2) is 27.8 Å². The number of hydrogen-bond donors (Lipinski definition) is 1. The van der Waals surface area contributed by atoms with Gasteiger partial charge in [0.05, 0.1) is 5.69 Å². The molecule has 0 aromatic carbocycles. The number of hydrogen-bond acceptors (Lipinski definition) is 3. The van der Waals surface area contributed by atoms with E-state index < -0.39 is 0 Å². The van der Waals surface area contributed by atoms with E-state index in [0.717, 1.165) is 18.7 Å². The smallest absolute Gasteiger partial charge is 0.0762 e. The first-order valence-electron chi connectivity index (χ1n) is 6.43. The third kappa shape index (κ3) is 5.13. The van der Waals surface area contributed by atoms with E-state index in [9.17, 15) is 0 Å². The summed E-state index contributed by atoms with van der Waals surface area (Å²) in [5, 5.41) is 8.10. The maximum absolute atomic E-state index is 4.58. The van der Waals surface area contributed by atoms with Crippen LogP contribution in [-0.2, 0) is 6.54 Å². The third-order valence-corrected chi connectivity index (χ3v) is 3.74. The van der Waals surface area contributed by atoms with Gasteiger partial charge in [-0.2, -0.15) is 16.9 Å². The topological polar surface area (TPSA) is 29.9 Å². The van der Waals surface area contributed by atoms with Gasteiger partial charge in [-0.25, -0.2) is 0 Å². The van der Waals surface area contributed by atoms with Crippen LogP contribution in [0, 0.1) is 0 Å². The average molecular weight is 255 g/mol. The normalized spacial score (nSPS) is 14.8. The number of nitrogens with zero attached hydrogens (tertiary/aromatic N) is 2. The number of nitrogens with one attached hydrogen (secondary N) is 1. The van der Waals surface area contributed by atoms with Gasteiger partial charge in [-0.05, 0) is 44.8 Å². The highest BCUT2D eigenvalue weighted by molar-refractivity contribution is 7.98. The van der Waals surface area contributed by atoms with Crippen molar-refractivity contribution in [2.24, 2.45) is 0 Å². The summed E-state index contributed by atoms with van der Waals surface area (Å²) < 4.78 is 2.06. The molecule has 1 N–H and O–H groups in total. The molecule has 1 rings (SSSR count). The van der Waals surface area contributed by atoms with Crippen LogP contribution in [0.15, 0.2) is 12.3 Å². The molecule has 0 aliphatic heterocycles. The average Bonchev–Trinajstić information content (AvgIpc) is 2.81. The molecule has 0 aliphatic carbocycles. The number of rotatable bonds is 8. The van der Waals surface area contributed by atoms with Gasteiger partial charge < -0.3 is 5.32 Å². The number of aromatic nitrogens is 2. The molecule has 2 unspecified atom stereocenters. The fourth-order valence-electron chi connectivity index (χ4n) is 1.58. The quantitative estimate of drug-likeness (QED) is 0.774. The van der Waals surface area contributed by atoms with Gasteiger partial charge in [0.1, 0.15) is 0 Å². The summed E-state index contributed by atoms with van der Waals surface area (Å²) >= 11 is 1.90. The van der Waals surface area contributed by atoms with Gasteiger partial charge in [-0.15, -0.1) is 0 Å². The predicted octanol–water partition coefficient (Wildman–Crippen LogP) is 3.09. The molecule has 0 spiro atoms. The van der Waals surface area contributed by atoms with E-state index in [1.807, 2.05) is 11.8 Å². The number of thioether (sulfide) groups is 1. The second-order valence-corrected chi connectivity index (χ2v) is 5.59. The summed E-state index contributed by atoms with van der Waals surface area (Å²) in [5.41, 5.74) is 1.14. The highest BCUT2D eigenvalue weighted by Gasteiger charge is 2.06. The summed E-state index contributed by atoms with van der Waals surface area (Å²) in [4.78, 5) is 0. The van der Waals surface area contributed by atoms with Crippen LogP contribution in [0.1, 0.15) is 45.3 Å². The first kappa shape index (κ1) is 14.6. The fraction of sp³-hybridized carbons (Fsp3) is 0.769. The van der Waals surface area contributed by atoms with Crippen LogP contribution >= 0.6 is 11.8 Å². The van der Waals surface area contributed by atoms with E-state index >= 15 is 0 Å². The van der Waals surface area contributed by atoms with Crippen LogP contribution in [0.2, 0.25) is 0 Å². The molecule has 98 valence electrons. The maximum atomic E-state index is 4.58. The lowest BCUT2D eigenvalue weighted by atomic mass is 10.2. The predicted molar refractivity (Wildman–Crippen MR) is 76.5 cm³/mol. The minimum Gasteiger partial charge on any atom is -0.309 e. The largest absolute Gasteiger partial charge is 0.309 e. The summed E-state index contributed by atoms with van der Waals surface area (Å²) in [5.74, 6) is 1.22. The van der Waals surface area contributed by atoms with Crippen LogP contribution in [0.25, 0.3) is 0 Å². The van der Waals surface area contributed by atoms with Crippen molar-refractivity contribution >= 4 is 11.8 Å². The Hall–Kier alpha value is -0.480. The molecule has 17 heavy (non-hydrogen) atoms. The minimum atomic E-state index is 0.498. The minimum absolute atomic E-state index is 0.498. The van der Waals surface area contributed by atoms with E-state index in [1.165, 1.54) is 12.2 Å². The Morgan fingerprint density at radius 1 is 1.47 bits per heavy atom. The Balaban J connectivity index is 2.34. The van der Waals surface area contributed by atoms with Crippen molar-refractivity contribution in [2.75, 3.05) is 12.0 Å². The SMILES string of the molecule is CCC(C)n1ccc(CNC(C)CCSC)n1. The first-order valence-corrected chi connectivity index (χ1v) is 7.83. The van der Waals surface area contributed by atoms with Gasteiger partial charge in [-0.3, -0.25) is 4.68 Å². The van der Waals surface area contributed by atoms with Crippen LogP contribution < -0.4 is 5.32 Å². The highest BCUT2D eigenvalue weighted by atomic mass is 32.2. The molecular weight excluding hydrogens is 230 g/mol. The zero-order valence-corrected chi connectivity index (χ0v) is 12.3. The van der Waals surface area contributed by atoms with E-state index in [-0.39, 0.29) is 0 Å². The fourth-order valence-corrected chi connectivity index (χ4v) is 2.17. The Bertz CT molecular complexity index is 311. The molecule has 2 atom stereocenters. The van der Waals surface area contributed by atoms with E-state index in [0.29, 0.717) is 12.1 Å². The summed E-state index contributed by atoms with van der Waals surface area (Å²) in [6.45, 7) is 7.50. The van der Waals surface area contributed by atoms with Gasteiger partial charge >= 0.3 is 0 Å². The molecule has 1 heterocycles. The molecule has 0 radical (unpaired) electrons. The van der Waals surface area contributed by atoms with Gasteiger partial charge in [0.15, 0.2) is 0 Å². The molecule has 1 aromatic rings. The third-order valence-electron chi connectivity index (χ3n) is 3.09. The Morgan fingerprint density at radius 3 is 2.88 bits per heavy atom. The molecule has 4 heteroatoms. The van der Waals surface area contributed by atoms with Crippen molar-refractivity contribution in [1.82, 2.24) is 15.1 Å². The first-order chi connectivity index (χ1) is 8.17. The Labute approximate surface area is 109 Å². The van der Waals surface area contributed by atoms with Crippen LogP contribution in [0.3, 0.4) is 0 Å². The van der Waals surface area contributed by atoms with Crippen molar-refractivity contribution in [3.63, 3.8) is 0 Å². The van der Waals surface area contributed by atoms with Gasteiger partial charge in [-0.1, -0.05) is 6.92 Å². The van der Waals surface area contributed by atoms with Crippen molar-refractivity contribution in [1.29, 1.82) is 0 Å². The zero-order chi connectivity index (χ0) is 12.7. The lowest BCUT2D eigenvalue weighted by molar-refractivity contribution is 0.466. The van der Waals surface area contributed by atoms with Crippen LogP contribution in [0.5, 0.6) is 0 Å². The molecule has 1 aromatic heterocycles. The monoisotopic (exact) mass is 255 g/mol. The zero-order valence-electron chi connectivity index (χ0n) is 11.4. The van der Waals surface area contributed by atoms with Gasteiger partial charge in [0, 0.05) is 24.8 Å². The Morgan fingerprint density at radius 2 is 2.24 bits per heavy atom. The lowest BCUT2D eigenvalue weighted by Crippen LogP contribution is -2.26. The van der Waals surface area contributed by atoms with Crippen molar-refractivity contribution in [2.45, 2.75) is 52.2 Å². The van der Waals surface area contributed by atoms with E-state index in [2.05, 4.69) is 54.4 Å². The van der Waals surface area contributed by atoms with E-state index in [4.69, 9.17) is 0 Å². The highest BCUT2D eigenvalue weighted by Crippen LogP contribution is 2.09. The van der Waals surface area contributed by atoms with Crippen molar-refractivity contribution in [3.05, 3.63) is 18.0 Å². The lowest BCUT2D eigenvalue weighted by Gasteiger charge is -2.12. The van der Waals surface area contributed by atoms with Gasteiger partial charge in [0.2, 0.25) is 0 Å². The molecule has 0 saturated carbocycles. The molecule has 0 aliphatic rings. The van der Waals surface area contributed by atoms with Crippen LogP contribution in [0.4, 0.5) is 0 Å². The van der Waals surface area contributed by atoms with Crippen molar-refractivity contribution < 1.29 is 0 Å². The summed E-state index contributed by atoms with van der Waals surface area (Å²) in [6.07, 6.45) is 6.57. The molecule has 0 saturated heterocycles. The van der Waals surface area contributed by atoms with E-state index in [1.54, 1.807) is 0 Å². The molecular formula is C13H25N3S. The molecule has 0 fully saturated rings. The second kappa shape index (κ2) is 7.77. The summed E-state index contributed by atoms with van der Waals surface area (Å²) in [6, 6.07) is 3.18.